The van der Waals surface area contributed by atoms with Crippen molar-refractivity contribution in [3.63, 3.8) is 0 Å². The SMILES string of the molecule is CC(C)(C)C1c2c(nc(SCc3ccnnc3)n(-c3ccccc3)c2=O)CCN1C(=O)O. The van der Waals surface area contributed by atoms with Crippen LogP contribution in [-0.2, 0) is 12.2 Å². The molecule has 32 heavy (non-hydrogen) atoms. The Bertz CT molecular complexity index is 1180. The van der Waals surface area contributed by atoms with Gasteiger partial charge in [0, 0.05) is 24.9 Å². The topological polar surface area (TPSA) is 101 Å². The molecule has 0 fully saturated rings. The number of carboxylic acid groups (broad SMARTS) is 1. The maximum absolute atomic E-state index is 13.9. The molecule has 1 aliphatic heterocycles. The zero-order chi connectivity index (χ0) is 22.9. The average Bonchev–Trinajstić information content (AvgIpc) is 2.77. The molecule has 9 heteroatoms. The van der Waals surface area contributed by atoms with Gasteiger partial charge in [0.05, 0.1) is 29.2 Å². The van der Waals surface area contributed by atoms with Gasteiger partial charge in [-0.25, -0.2) is 9.78 Å². The Hall–Kier alpha value is -3.20. The van der Waals surface area contributed by atoms with Gasteiger partial charge in [0.25, 0.3) is 5.56 Å². The molecule has 3 aromatic rings. The normalized spacial score (nSPS) is 16.0. The van der Waals surface area contributed by atoms with E-state index in [0.29, 0.717) is 40.8 Å². The fourth-order valence-corrected chi connectivity index (χ4v) is 5.05. The fraction of sp³-hybridized carbons (Fsp3) is 0.348. The van der Waals surface area contributed by atoms with E-state index in [0.717, 1.165) is 5.56 Å². The lowest BCUT2D eigenvalue weighted by atomic mass is 9.79. The van der Waals surface area contributed by atoms with E-state index in [1.165, 1.54) is 16.7 Å². The number of thioether (sulfide) groups is 1. The Morgan fingerprint density at radius 1 is 1.19 bits per heavy atom. The van der Waals surface area contributed by atoms with Gasteiger partial charge < -0.3 is 10.0 Å². The summed E-state index contributed by atoms with van der Waals surface area (Å²) in [6, 6.07) is 10.6. The number of rotatable bonds is 4. The van der Waals surface area contributed by atoms with Crippen molar-refractivity contribution in [2.75, 3.05) is 6.54 Å². The van der Waals surface area contributed by atoms with E-state index < -0.39 is 17.6 Å². The molecule has 1 aromatic carbocycles. The summed E-state index contributed by atoms with van der Waals surface area (Å²) in [4.78, 5) is 32.2. The maximum atomic E-state index is 13.9. The maximum Gasteiger partial charge on any atom is 0.407 e. The summed E-state index contributed by atoms with van der Waals surface area (Å²) in [6.45, 7) is 6.17. The van der Waals surface area contributed by atoms with Crippen molar-refractivity contribution in [2.24, 2.45) is 5.41 Å². The number of hydrogen-bond donors (Lipinski definition) is 1. The summed E-state index contributed by atoms with van der Waals surface area (Å²) in [7, 11) is 0. The number of fused-ring (bicyclic) bond motifs is 1. The Labute approximate surface area is 190 Å². The summed E-state index contributed by atoms with van der Waals surface area (Å²) in [5.74, 6) is 0.581. The van der Waals surface area contributed by atoms with Crippen LogP contribution in [0.3, 0.4) is 0 Å². The molecule has 4 rings (SSSR count). The molecular formula is C23H25N5O3S. The zero-order valence-electron chi connectivity index (χ0n) is 18.2. The summed E-state index contributed by atoms with van der Waals surface area (Å²) in [5, 5.41) is 18.1. The Morgan fingerprint density at radius 2 is 1.94 bits per heavy atom. The molecule has 0 saturated carbocycles. The minimum absolute atomic E-state index is 0.220. The predicted octanol–water partition coefficient (Wildman–Crippen LogP) is 3.94. The van der Waals surface area contributed by atoms with Crippen molar-refractivity contribution < 1.29 is 9.90 Å². The number of para-hydroxylation sites is 1. The molecule has 0 radical (unpaired) electrons. The number of carbonyl (C=O) groups is 1. The third-order valence-electron chi connectivity index (χ3n) is 5.43. The lowest BCUT2D eigenvalue weighted by Crippen LogP contribution is -2.48. The van der Waals surface area contributed by atoms with Crippen molar-refractivity contribution in [3.05, 3.63) is 76.0 Å². The van der Waals surface area contributed by atoms with Gasteiger partial charge in [0.1, 0.15) is 0 Å². The summed E-state index contributed by atoms with van der Waals surface area (Å²) in [5.41, 5.74) is 2.12. The Morgan fingerprint density at radius 3 is 2.56 bits per heavy atom. The van der Waals surface area contributed by atoms with Crippen LogP contribution in [0.4, 0.5) is 4.79 Å². The van der Waals surface area contributed by atoms with E-state index in [-0.39, 0.29) is 5.56 Å². The molecule has 0 bridgehead atoms. The molecule has 1 atom stereocenters. The molecule has 166 valence electrons. The molecule has 1 unspecified atom stereocenters. The highest BCUT2D eigenvalue weighted by atomic mass is 32.2. The first kappa shape index (κ1) is 22.0. The summed E-state index contributed by atoms with van der Waals surface area (Å²) in [6.07, 6.45) is 2.71. The smallest absolute Gasteiger partial charge is 0.407 e. The highest BCUT2D eigenvalue weighted by Gasteiger charge is 2.42. The second-order valence-corrected chi connectivity index (χ2v) is 9.71. The number of nitrogens with zero attached hydrogens (tertiary/aromatic N) is 5. The van der Waals surface area contributed by atoms with E-state index in [2.05, 4.69) is 10.2 Å². The predicted molar refractivity (Wildman–Crippen MR) is 122 cm³/mol. The number of benzene rings is 1. The van der Waals surface area contributed by atoms with Gasteiger partial charge in [-0.15, -0.1) is 0 Å². The van der Waals surface area contributed by atoms with E-state index in [9.17, 15) is 14.7 Å². The van der Waals surface area contributed by atoms with E-state index >= 15 is 0 Å². The number of amides is 1. The van der Waals surface area contributed by atoms with Crippen LogP contribution in [0.5, 0.6) is 0 Å². The third kappa shape index (κ3) is 4.25. The second kappa shape index (κ2) is 8.74. The van der Waals surface area contributed by atoms with Crippen LogP contribution in [0, 0.1) is 5.41 Å². The molecule has 0 aliphatic carbocycles. The highest BCUT2D eigenvalue weighted by molar-refractivity contribution is 7.98. The van der Waals surface area contributed by atoms with Crippen molar-refractivity contribution >= 4 is 17.9 Å². The molecular weight excluding hydrogens is 426 g/mol. The van der Waals surface area contributed by atoms with E-state index in [4.69, 9.17) is 4.98 Å². The highest BCUT2D eigenvalue weighted by Crippen LogP contribution is 2.41. The van der Waals surface area contributed by atoms with Crippen LogP contribution in [0.25, 0.3) is 5.69 Å². The van der Waals surface area contributed by atoms with Crippen LogP contribution < -0.4 is 5.56 Å². The number of aromatic nitrogens is 4. The van der Waals surface area contributed by atoms with Crippen LogP contribution in [-0.4, -0.2) is 42.4 Å². The van der Waals surface area contributed by atoms with Gasteiger partial charge >= 0.3 is 6.09 Å². The van der Waals surface area contributed by atoms with Crippen LogP contribution in [0.15, 0.2) is 58.7 Å². The second-order valence-electron chi connectivity index (χ2n) is 8.76. The number of hydrogen-bond acceptors (Lipinski definition) is 6. The van der Waals surface area contributed by atoms with E-state index in [1.54, 1.807) is 17.0 Å². The first-order valence-electron chi connectivity index (χ1n) is 10.4. The first-order valence-corrected chi connectivity index (χ1v) is 11.3. The molecule has 1 aliphatic rings. The van der Waals surface area contributed by atoms with E-state index in [1.807, 2.05) is 57.2 Å². The first-order chi connectivity index (χ1) is 15.3. The van der Waals surface area contributed by atoms with Crippen LogP contribution in [0.2, 0.25) is 0 Å². The van der Waals surface area contributed by atoms with Crippen molar-refractivity contribution in [2.45, 2.75) is 44.1 Å². The zero-order valence-corrected chi connectivity index (χ0v) is 19.0. The summed E-state index contributed by atoms with van der Waals surface area (Å²) >= 11 is 1.45. The van der Waals surface area contributed by atoms with Gasteiger partial charge in [0.15, 0.2) is 5.16 Å². The lowest BCUT2D eigenvalue weighted by Gasteiger charge is -2.42. The molecule has 0 spiro atoms. The molecule has 1 amide bonds. The molecule has 8 nitrogen and oxygen atoms in total. The quantitative estimate of drug-likeness (QED) is 0.474. The average molecular weight is 452 g/mol. The minimum Gasteiger partial charge on any atom is -0.465 e. The Kier molecular flexibility index (Phi) is 6.01. The van der Waals surface area contributed by atoms with Crippen molar-refractivity contribution in [1.29, 1.82) is 0 Å². The van der Waals surface area contributed by atoms with Gasteiger partial charge in [-0.2, -0.15) is 10.2 Å². The summed E-state index contributed by atoms with van der Waals surface area (Å²) < 4.78 is 1.60. The van der Waals surface area contributed by atoms with Gasteiger partial charge in [0.2, 0.25) is 0 Å². The standard InChI is InChI=1S/C23H25N5O3S/c1-23(2,3)19-18-17(10-12-27(19)22(30)31)26-21(32-14-15-9-11-24-25-13-15)28(20(18)29)16-7-5-4-6-8-16/h4-9,11,13,19H,10,12,14H2,1-3H3,(H,30,31). The molecule has 0 saturated heterocycles. The van der Waals surface area contributed by atoms with Gasteiger partial charge in [-0.3, -0.25) is 9.36 Å². The van der Waals surface area contributed by atoms with Crippen LogP contribution >= 0.6 is 11.8 Å². The third-order valence-corrected chi connectivity index (χ3v) is 6.44. The van der Waals surface area contributed by atoms with Crippen molar-refractivity contribution in [3.8, 4) is 5.69 Å². The molecule has 2 aromatic heterocycles. The van der Waals surface area contributed by atoms with Crippen LogP contribution in [0.1, 0.15) is 43.6 Å². The lowest BCUT2D eigenvalue weighted by molar-refractivity contribution is 0.0738. The fourth-order valence-electron chi connectivity index (χ4n) is 4.09. The van der Waals surface area contributed by atoms with Gasteiger partial charge in [-0.05, 0) is 29.2 Å². The molecule has 1 N–H and O–H groups in total. The van der Waals surface area contributed by atoms with Crippen molar-refractivity contribution in [1.82, 2.24) is 24.6 Å². The minimum atomic E-state index is -1.02. The largest absolute Gasteiger partial charge is 0.465 e. The monoisotopic (exact) mass is 451 g/mol. The Balaban J connectivity index is 1.89. The molecule has 3 heterocycles. The van der Waals surface area contributed by atoms with Gasteiger partial charge in [-0.1, -0.05) is 50.7 Å².